The van der Waals surface area contributed by atoms with Crippen LogP contribution in [0.1, 0.15) is 23.2 Å². The Kier molecular flexibility index (Phi) is 5.76. The molecule has 0 aliphatic rings. The first kappa shape index (κ1) is 14.6. The van der Waals surface area contributed by atoms with Gasteiger partial charge in [0.15, 0.2) is 0 Å². The van der Waals surface area contributed by atoms with Crippen molar-refractivity contribution < 1.29 is 19.5 Å². The molecule has 0 heterocycles. The van der Waals surface area contributed by atoms with Crippen molar-refractivity contribution >= 4 is 40.8 Å². The number of amides is 1. The van der Waals surface area contributed by atoms with Crippen LogP contribution in [0.2, 0.25) is 0 Å². The molecule has 5 nitrogen and oxygen atoms in total. The minimum atomic E-state index is -1.02. The third kappa shape index (κ3) is 4.82. The number of benzene rings is 1. The maximum absolute atomic E-state index is 11.8. The first-order valence-corrected chi connectivity index (χ1v) is 6.26. The summed E-state index contributed by atoms with van der Waals surface area (Å²) in [6, 6.07) is 5.97. The van der Waals surface area contributed by atoms with Gasteiger partial charge >= 0.3 is 5.97 Å². The van der Waals surface area contributed by atoms with Gasteiger partial charge < -0.3 is 10.4 Å². The zero-order chi connectivity index (χ0) is 13.5. The summed E-state index contributed by atoms with van der Waals surface area (Å²) < 4.78 is 0.900. The van der Waals surface area contributed by atoms with Crippen LogP contribution in [0.25, 0.3) is 0 Å². The normalized spacial score (nSPS) is 11.6. The van der Waals surface area contributed by atoms with Crippen molar-refractivity contribution in [2.45, 2.75) is 18.9 Å². The predicted octanol–water partition coefficient (Wildman–Crippen LogP) is 1.36. The largest absolute Gasteiger partial charge is 0.481 e. The van der Waals surface area contributed by atoms with E-state index in [0.29, 0.717) is 5.56 Å². The molecule has 0 aliphatic heterocycles. The molecular weight excluding hydrogens is 349 g/mol. The summed E-state index contributed by atoms with van der Waals surface area (Å²) in [6.45, 7) is 0. The van der Waals surface area contributed by atoms with Gasteiger partial charge in [0.2, 0.25) is 6.29 Å². The van der Waals surface area contributed by atoms with E-state index >= 15 is 0 Å². The van der Waals surface area contributed by atoms with Crippen molar-refractivity contribution in [2.24, 2.45) is 0 Å². The number of hydrogen-bond acceptors (Lipinski definition) is 3. The van der Waals surface area contributed by atoms with E-state index in [2.05, 4.69) is 27.9 Å². The van der Waals surface area contributed by atoms with Crippen LogP contribution in [-0.4, -0.2) is 29.3 Å². The first-order chi connectivity index (χ1) is 8.52. The fourth-order valence-electron chi connectivity index (χ4n) is 1.30. The van der Waals surface area contributed by atoms with Gasteiger partial charge in [0.05, 0.1) is 6.04 Å². The van der Waals surface area contributed by atoms with E-state index in [1.807, 2.05) is 6.07 Å². The molecule has 0 aromatic heterocycles. The Balaban J connectivity index is 2.62. The van der Waals surface area contributed by atoms with E-state index in [1.54, 1.807) is 24.5 Å². The summed E-state index contributed by atoms with van der Waals surface area (Å²) in [6.07, 6.45) is 1.47. The third-order valence-electron chi connectivity index (χ3n) is 2.18. The van der Waals surface area contributed by atoms with Crippen LogP contribution in [0.15, 0.2) is 24.3 Å². The van der Waals surface area contributed by atoms with Gasteiger partial charge in [-0.3, -0.25) is 14.4 Å². The molecule has 95 valence electrons. The molecule has 0 bridgehead atoms. The maximum atomic E-state index is 11.8. The second-order valence-electron chi connectivity index (χ2n) is 3.59. The summed E-state index contributed by atoms with van der Waals surface area (Å²) >= 11 is 2.07. The van der Waals surface area contributed by atoms with Gasteiger partial charge in [-0.05, 0) is 47.2 Å². The van der Waals surface area contributed by atoms with Crippen LogP contribution < -0.4 is 5.32 Å². The monoisotopic (exact) mass is 360 g/mol. The Hall–Kier alpha value is -1.44. The number of carboxylic acids is 1. The summed E-state index contributed by atoms with van der Waals surface area (Å²) in [5.41, 5.74) is 0.428. The number of carboxylic acid groups (broad SMARTS) is 1. The van der Waals surface area contributed by atoms with Gasteiger partial charge in [0.1, 0.15) is 0 Å². The standard InChI is InChI=1S/C12H11INO4/c13-9-3-1-2-8(6-9)12(18)14-10(7-15)4-5-11(16)17/h1-3,6,10H,4-5H2,(H,14,18)(H,16,17)/t10-/m0/s1. The Bertz CT molecular complexity index is 461. The van der Waals surface area contributed by atoms with Gasteiger partial charge in [-0.15, -0.1) is 0 Å². The van der Waals surface area contributed by atoms with E-state index in [9.17, 15) is 14.4 Å². The second kappa shape index (κ2) is 7.10. The summed E-state index contributed by atoms with van der Waals surface area (Å²) in [5.74, 6) is -1.42. The molecule has 0 saturated heterocycles. The zero-order valence-electron chi connectivity index (χ0n) is 9.35. The van der Waals surface area contributed by atoms with Crippen LogP contribution in [0.5, 0.6) is 0 Å². The van der Waals surface area contributed by atoms with Crippen LogP contribution in [-0.2, 0) is 9.59 Å². The van der Waals surface area contributed by atoms with E-state index in [0.717, 1.165) is 3.57 Å². The van der Waals surface area contributed by atoms with E-state index < -0.39 is 17.9 Å². The lowest BCUT2D eigenvalue weighted by Crippen LogP contribution is -2.36. The number of carbonyl (C=O) groups is 2. The van der Waals surface area contributed by atoms with Crippen LogP contribution in [0.4, 0.5) is 0 Å². The second-order valence-corrected chi connectivity index (χ2v) is 4.83. The van der Waals surface area contributed by atoms with Gasteiger partial charge in [-0.1, -0.05) is 6.07 Å². The topological polar surface area (TPSA) is 83.5 Å². The molecule has 0 unspecified atom stereocenters. The number of nitrogens with one attached hydrogen (secondary N) is 1. The lowest BCUT2D eigenvalue weighted by atomic mass is 10.1. The van der Waals surface area contributed by atoms with Crippen molar-refractivity contribution in [1.82, 2.24) is 5.32 Å². The average Bonchev–Trinajstić information content (AvgIpc) is 2.34. The van der Waals surface area contributed by atoms with Gasteiger partial charge in [0.25, 0.3) is 5.91 Å². The Morgan fingerprint density at radius 1 is 1.44 bits per heavy atom. The van der Waals surface area contributed by atoms with Crippen molar-refractivity contribution in [3.8, 4) is 0 Å². The molecule has 1 aromatic carbocycles. The Morgan fingerprint density at radius 2 is 2.17 bits per heavy atom. The number of halogens is 1. The average molecular weight is 360 g/mol. The first-order valence-electron chi connectivity index (χ1n) is 5.19. The molecule has 0 spiro atoms. The minimum Gasteiger partial charge on any atom is -0.481 e. The summed E-state index contributed by atoms with van der Waals surface area (Å²) in [5, 5.41) is 10.9. The molecule has 0 saturated carbocycles. The fraction of sp³-hybridized carbons (Fsp3) is 0.250. The molecule has 1 radical (unpaired) electrons. The lowest BCUT2D eigenvalue weighted by molar-refractivity contribution is -0.137. The molecule has 6 heteroatoms. The summed E-state index contributed by atoms with van der Waals surface area (Å²) in [7, 11) is 0. The van der Waals surface area contributed by atoms with Crippen LogP contribution >= 0.6 is 22.6 Å². The van der Waals surface area contributed by atoms with Crippen LogP contribution in [0, 0.1) is 3.57 Å². The maximum Gasteiger partial charge on any atom is 0.303 e. The van der Waals surface area contributed by atoms with E-state index in [-0.39, 0.29) is 12.8 Å². The zero-order valence-corrected chi connectivity index (χ0v) is 11.5. The van der Waals surface area contributed by atoms with Crippen molar-refractivity contribution in [1.29, 1.82) is 0 Å². The lowest BCUT2D eigenvalue weighted by Gasteiger charge is -2.10. The molecule has 1 atom stereocenters. The fourth-order valence-corrected chi connectivity index (χ4v) is 1.84. The van der Waals surface area contributed by atoms with Crippen molar-refractivity contribution in [3.63, 3.8) is 0 Å². The van der Waals surface area contributed by atoms with Crippen molar-refractivity contribution in [2.75, 3.05) is 0 Å². The highest BCUT2D eigenvalue weighted by atomic mass is 127. The number of rotatable bonds is 6. The highest BCUT2D eigenvalue weighted by molar-refractivity contribution is 14.1. The number of carbonyl (C=O) groups excluding carboxylic acids is 2. The van der Waals surface area contributed by atoms with Gasteiger partial charge in [-0.2, -0.15) is 0 Å². The Morgan fingerprint density at radius 3 is 2.72 bits per heavy atom. The van der Waals surface area contributed by atoms with Crippen molar-refractivity contribution in [3.05, 3.63) is 33.4 Å². The highest BCUT2D eigenvalue weighted by Crippen LogP contribution is 2.08. The quantitative estimate of drug-likeness (QED) is 0.751. The molecule has 0 aliphatic carbocycles. The molecular formula is C12H11INO4. The molecule has 18 heavy (non-hydrogen) atoms. The SMILES string of the molecule is O=[C][C@H](CCC(=O)O)NC(=O)c1cccc(I)c1. The van der Waals surface area contributed by atoms with Gasteiger partial charge in [0, 0.05) is 15.6 Å². The third-order valence-corrected chi connectivity index (χ3v) is 2.85. The van der Waals surface area contributed by atoms with E-state index in [4.69, 9.17) is 5.11 Å². The number of hydrogen-bond donors (Lipinski definition) is 2. The molecule has 2 N–H and O–H groups in total. The Labute approximate surface area is 118 Å². The molecule has 0 fully saturated rings. The van der Waals surface area contributed by atoms with Crippen LogP contribution in [0.3, 0.4) is 0 Å². The molecule has 1 rings (SSSR count). The van der Waals surface area contributed by atoms with E-state index in [1.165, 1.54) is 0 Å². The number of aliphatic carboxylic acids is 1. The minimum absolute atomic E-state index is 0.0362. The highest BCUT2D eigenvalue weighted by Gasteiger charge is 2.15. The van der Waals surface area contributed by atoms with Gasteiger partial charge in [-0.25, -0.2) is 0 Å². The molecule has 1 aromatic rings. The molecule has 1 amide bonds. The smallest absolute Gasteiger partial charge is 0.303 e. The summed E-state index contributed by atoms with van der Waals surface area (Å²) in [4.78, 5) is 32.8. The predicted molar refractivity (Wildman–Crippen MR) is 73.0 cm³/mol.